The molecule has 0 amide bonds. The van der Waals surface area contributed by atoms with Crippen molar-refractivity contribution in [1.29, 1.82) is 0 Å². The zero-order valence-electron chi connectivity index (χ0n) is 9.49. The molecule has 0 radical (unpaired) electrons. The van der Waals surface area contributed by atoms with Crippen molar-refractivity contribution in [3.05, 3.63) is 57.3 Å². The third kappa shape index (κ3) is 2.58. The van der Waals surface area contributed by atoms with Gasteiger partial charge in [0.2, 0.25) is 0 Å². The molecule has 82 valence electrons. The second-order valence-corrected chi connectivity index (χ2v) is 5.29. The number of hydrogen-bond acceptors (Lipinski definition) is 2. The number of carbonyl (C=O) groups is 1. The average molecular weight is 230 g/mol. The fourth-order valence-corrected chi connectivity index (χ4v) is 2.48. The van der Waals surface area contributed by atoms with Crippen LogP contribution in [0.15, 0.2) is 36.4 Å². The fraction of sp³-hybridized carbons (Fsp3) is 0.214. The van der Waals surface area contributed by atoms with Gasteiger partial charge in [-0.25, -0.2) is 0 Å². The van der Waals surface area contributed by atoms with Crippen molar-refractivity contribution < 1.29 is 4.79 Å². The van der Waals surface area contributed by atoms with E-state index >= 15 is 0 Å². The van der Waals surface area contributed by atoms with Crippen molar-refractivity contribution in [2.45, 2.75) is 20.3 Å². The lowest BCUT2D eigenvalue weighted by Gasteiger charge is -2.00. The Bertz CT molecular complexity index is 511. The molecule has 0 bridgehead atoms. The van der Waals surface area contributed by atoms with Gasteiger partial charge >= 0.3 is 0 Å². The predicted molar refractivity (Wildman–Crippen MR) is 68.3 cm³/mol. The number of thiophene rings is 1. The van der Waals surface area contributed by atoms with E-state index in [2.05, 4.69) is 6.07 Å². The molecule has 1 aromatic heterocycles. The summed E-state index contributed by atoms with van der Waals surface area (Å²) in [5.41, 5.74) is 2.30. The maximum absolute atomic E-state index is 11.9. The summed E-state index contributed by atoms with van der Waals surface area (Å²) in [5.74, 6) is 0.212. The summed E-state index contributed by atoms with van der Waals surface area (Å²) in [7, 11) is 0. The van der Waals surface area contributed by atoms with Gasteiger partial charge in [-0.1, -0.05) is 29.8 Å². The Hall–Kier alpha value is -1.41. The Morgan fingerprint density at radius 1 is 1.19 bits per heavy atom. The third-order valence-corrected chi connectivity index (χ3v) is 3.50. The minimum atomic E-state index is 0.212. The first-order chi connectivity index (χ1) is 7.65. The van der Waals surface area contributed by atoms with Crippen LogP contribution in [0.1, 0.15) is 25.7 Å². The predicted octanol–water partition coefficient (Wildman–Crippen LogP) is 3.79. The van der Waals surface area contributed by atoms with E-state index in [1.165, 1.54) is 10.4 Å². The summed E-state index contributed by atoms with van der Waals surface area (Å²) in [6.45, 7) is 4.07. The number of benzene rings is 1. The second kappa shape index (κ2) is 4.62. The standard InChI is InChI=1S/C14H14OS/c1-10-4-3-5-12(8-10)9-13(15)14-7-6-11(2)16-14/h3-8H,9H2,1-2H3. The molecule has 0 saturated carbocycles. The highest BCUT2D eigenvalue weighted by Crippen LogP contribution is 2.17. The smallest absolute Gasteiger partial charge is 0.177 e. The molecule has 16 heavy (non-hydrogen) atoms. The van der Waals surface area contributed by atoms with Gasteiger partial charge in [0.25, 0.3) is 0 Å². The van der Waals surface area contributed by atoms with Crippen molar-refractivity contribution in [3.8, 4) is 0 Å². The van der Waals surface area contributed by atoms with E-state index in [-0.39, 0.29) is 5.78 Å². The van der Waals surface area contributed by atoms with Crippen LogP contribution in [-0.2, 0) is 6.42 Å². The van der Waals surface area contributed by atoms with Crippen LogP contribution in [0.3, 0.4) is 0 Å². The molecule has 0 saturated heterocycles. The molecule has 0 atom stereocenters. The van der Waals surface area contributed by atoms with Gasteiger partial charge in [0.1, 0.15) is 0 Å². The van der Waals surface area contributed by atoms with Crippen LogP contribution < -0.4 is 0 Å². The van der Waals surface area contributed by atoms with Crippen LogP contribution in [0, 0.1) is 13.8 Å². The lowest BCUT2D eigenvalue weighted by molar-refractivity contribution is 0.0997. The van der Waals surface area contributed by atoms with E-state index in [9.17, 15) is 4.79 Å². The van der Waals surface area contributed by atoms with Crippen molar-refractivity contribution in [3.63, 3.8) is 0 Å². The molecule has 2 heteroatoms. The molecule has 2 aromatic rings. The fourth-order valence-electron chi connectivity index (χ4n) is 1.68. The van der Waals surface area contributed by atoms with Gasteiger partial charge in [0.05, 0.1) is 4.88 Å². The normalized spacial score (nSPS) is 10.4. The molecule has 0 N–H and O–H groups in total. The Morgan fingerprint density at radius 2 is 2.00 bits per heavy atom. The first-order valence-corrected chi connectivity index (χ1v) is 6.12. The Labute approximate surface area is 99.8 Å². The maximum atomic E-state index is 11.9. The number of Topliss-reactive ketones (excluding diaryl/α,β-unsaturated/α-hetero) is 1. The molecule has 0 aliphatic carbocycles. The minimum absolute atomic E-state index is 0.212. The quantitative estimate of drug-likeness (QED) is 0.733. The van der Waals surface area contributed by atoms with Crippen molar-refractivity contribution >= 4 is 17.1 Å². The van der Waals surface area contributed by atoms with Gasteiger partial charge in [0.15, 0.2) is 5.78 Å². The summed E-state index contributed by atoms with van der Waals surface area (Å²) >= 11 is 1.57. The van der Waals surface area contributed by atoms with Gasteiger partial charge in [-0.3, -0.25) is 4.79 Å². The second-order valence-electron chi connectivity index (χ2n) is 4.00. The summed E-state index contributed by atoms with van der Waals surface area (Å²) in [4.78, 5) is 14.0. The minimum Gasteiger partial charge on any atom is -0.293 e. The Morgan fingerprint density at radius 3 is 2.62 bits per heavy atom. The molecule has 0 unspecified atom stereocenters. The molecule has 0 aliphatic heterocycles. The highest BCUT2D eigenvalue weighted by atomic mass is 32.1. The molecular formula is C14H14OS. The molecular weight excluding hydrogens is 216 g/mol. The van der Waals surface area contributed by atoms with Crippen molar-refractivity contribution in [1.82, 2.24) is 0 Å². The van der Waals surface area contributed by atoms with Gasteiger partial charge in [-0.15, -0.1) is 11.3 Å². The van der Waals surface area contributed by atoms with Crippen molar-refractivity contribution in [2.75, 3.05) is 0 Å². The first-order valence-electron chi connectivity index (χ1n) is 5.30. The summed E-state index contributed by atoms with van der Waals surface area (Å²) < 4.78 is 0. The average Bonchev–Trinajstić information content (AvgIpc) is 2.65. The number of rotatable bonds is 3. The Balaban J connectivity index is 2.13. The zero-order valence-corrected chi connectivity index (χ0v) is 10.3. The molecule has 0 spiro atoms. The van der Waals surface area contributed by atoms with Gasteiger partial charge in [-0.05, 0) is 31.5 Å². The van der Waals surface area contributed by atoms with E-state index in [0.717, 1.165) is 10.4 Å². The highest BCUT2D eigenvalue weighted by molar-refractivity contribution is 7.14. The van der Waals surface area contributed by atoms with Crippen LogP contribution in [0.2, 0.25) is 0 Å². The van der Waals surface area contributed by atoms with Crippen LogP contribution in [-0.4, -0.2) is 5.78 Å². The Kier molecular flexibility index (Phi) is 3.20. The van der Waals surface area contributed by atoms with E-state index in [0.29, 0.717) is 6.42 Å². The van der Waals surface area contributed by atoms with Crippen LogP contribution in [0.5, 0.6) is 0 Å². The molecule has 0 aliphatic rings. The van der Waals surface area contributed by atoms with E-state index in [1.807, 2.05) is 44.2 Å². The molecule has 1 heterocycles. The van der Waals surface area contributed by atoms with E-state index in [4.69, 9.17) is 0 Å². The topological polar surface area (TPSA) is 17.1 Å². The SMILES string of the molecule is Cc1cccc(CC(=O)c2ccc(C)s2)c1. The number of hydrogen-bond donors (Lipinski definition) is 0. The highest BCUT2D eigenvalue weighted by Gasteiger charge is 2.08. The number of aryl methyl sites for hydroxylation is 2. The molecule has 1 nitrogen and oxygen atoms in total. The van der Waals surface area contributed by atoms with Gasteiger partial charge in [-0.2, -0.15) is 0 Å². The van der Waals surface area contributed by atoms with Crippen molar-refractivity contribution in [2.24, 2.45) is 0 Å². The zero-order chi connectivity index (χ0) is 11.5. The van der Waals surface area contributed by atoms with Gasteiger partial charge < -0.3 is 0 Å². The molecule has 0 fully saturated rings. The lowest BCUT2D eigenvalue weighted by atomic mass is 10.1. The molecule has 2 rings (SSSR count). The summed E-state index contributed by atoms with van der Waals surface area (Å²) in [6, 6.07) is 12.0. The molecule has 1 aromatic carbocycles. The summed E-state index contributed by atoms with van der Waals surface area (Å²) in [5, 5.41) is 0. The number of carbonyl (C=O) groups excluding carboxylic acids is 1. The lowest BCUT2D eigenvalue weighted by Crippen LogP contribution is -2.01. The van der Waals surface area contributed by atoms with Crippen LogP contribution in [0.4, 0.5) is 0 Å². The van der Waals surface area contributed by atoms with E-state index < -0.39 is 0 Å². The monoisotopic (exact) mass is 230 g/mol. The largest absolute Gasteiger partial charge is 0.293 e. The first kappa shape index (κ1) is 11.1. The van der Waals surface area contributed by atoms with Gasteiger partial charge in [0, 0.05) is 11.3 Å². The van der Waals surface area contributed by atoms with E-state index in [1.54, 1.807) is 11.3 Å². The third-order valence-electron chi connectivity index (χ3n) is 2.46. The maximum Gasteiger partial charge on any atom is 0.177 e. The van der Waals surface area contributed by atoms with Crippen LogP contribution in [0.25, 0.3) is 0 Å². The van der Waals surface area contributed by atoms with Crippen LogP contribution >= 0.6 is 11.3 Å². The summed E-state index contributed by atoms with van der Waals surface area (Å²) in [6.07, 6.45) is 0.502. The number of ketones is 1.